The molecular formula is C19H28O2. The fourth-order valence-electron chi connectivity index (χ4n) is 2.63. The van der Waals surface area contributed by atoms with E-state index in [-0.39, 0.29) is 5.92 Å². The number of carbonyl (C=O) groups is 2. The van der Waals surface area contributed by atoms with Gasteiger partial charge in [-0.15, -0.1) is 0 Å². The molecule has 2 nitrogen and oxygen atoms in total. The van der Waals surface area contributed by atoms with Crippen molar-refractivity contribution in [2.75, 3.05) is 0 Å². The first-order chi connectivity index (χ1) is 10.3. The van der Waals surface area contributed by atoms with Crippen molar-refractivity contribution in [3.8, 4) is 0 Å². The number of carbonyl (C=O) groups excluding carboxylic acids is 2. The monoisotopic (exact) mass is 288 g/mol. The number of hydrogen-bond acceptors (Lipinski definition) is 2. The van der Waals surface area contributed by atoms with Crippen LogP contribution in [-0.2, 0) is 4.79 Å². The maximum Gasteiger partial charge on any atom is 0.150 e. The van der Waals surface area contributed by atoms with E-state index in [1.165, 1.54) is 44.9 Å². The maximum atomic E-state index is 11.2. The molecule has 0 saturated heterocycles. The Balaban J connectivity index is 2.21. The number of benzene rings is 1. The average Bonchev–Trinajstić information content (AvgIpc) is 2.54. The van der Waals surface area contributed by atoms with Crippen LogP contribution in [0.25, 0.3) is 0 Å². The normalized spacial score (nSPS) is 12.0. The molecule has 1 unspecified atom stereocenters. The summed E-state index contributed by atoms with van der Waals surface area (Å²) in [5.41, 5.74) is 1.69. The van der Waals surface area contributed by atoms with E-state index in [0.29, 0.717) is 5.56 Å². The first-order valence-corrected chi connectivity index (χ1v) is 8.32. The number of hydrogen-bond donors (Lipinski definition) is 0. The highest BCUT2D eigenvalue weighted by atomic mass is 16.1. The number of unbranched alkanes of at least 4 members (excludes halogenated alkanes) is 7. The third kappa shape index (κ3) is 7.22. The van der Waals surface area contributed by atoms with E-state index in [2.05, 4.69) is 6.92 Å². The molecular weight excluding hydrogens is 260 g/mol. The van der Waals surface area contributed by atoms with Gasteiger partial charge in [0.15, 0.2) is 0 Å². The summed E-state index contributed by atoms with van der Waals surface area (Å²) in [6.45, 7) is 2.24. The van der Waals surface area contributed by atoms with Gasteiger partial charge < -0.3 is 4.79 Å². The Labute approximate surface area is 128 Å². The van der Waals surface area contributed by atoms with Crippen molar-refractivity contribution >= 4 is 12.6 Å². The quantitative estimate of drug-likeness (QED) is 0.385. The molecule has 0 radical (unpaired) electrons. The van der Waals surface area contributed by atoms with E-state index < -0.39 is 0 Å². The molecule has 0 amide bonds. The van der Waals surface area contributed by atoms with Crippen molar-refractivity contribution in [2.45, 2.75) is 70.6 Å². The van der Waals surface area contributed by atoms with Gasteiger partial charge in [0, 0.05) is 11.5 Å². The van der Waals surface area contributed by atoms with E-state index in [9.17, 15) is 9.59 Å². The molecule has 0 aliphatic heterocycles. The van der Waals surface area contributed by atoms with Crippen LogP contribution in [-0.4, -0.2) is 12.6 Å². The Hall–Kier alpha value is -1.44. The van der Waals surface area contributed by atoms with Gasteiger partial charge in [0.25, 0.3) is 0 Å². The molecule has 0 N–H and O–H groups in total. The fraction of sp³-hybridized carbons (Fsp3) is 0.579. The summed E-state index contributed by atoms with van der Waals surface area (Å²) in [4.78, 5) is 21.9. The number of rotatable bonds is 12. The largest absolute Gasteiger partial charge is 0.303 e. The predicted molar refractivity (Wildman–Crippen MR) is 87.9 cm³/mol. The highest BCUT2D eigenvalue weighted by molar-refractivity contribution is 5.75. The maximum absolute atomic E-state index is 11.2. The fourth-order valence-corrected chi connectivity index (χ4v) is 2.63. The van der Waals surface area contributed by atoms with Crippen LogP contribution in [0, 0.1) is 0 Å². The van der Waals surface area contributed by atoms with Crippen molar-refractivity contribution in [3.63, 3.8) is 0 Å². The lowest BCUT2D eigenvalue weighted by Gasteiger charge is -2.10. The highest BCUT2D eigenvalue weighted by Gasteiger charge is 2.09. The van der Waals surface area contributed by atoms with Gasteiger partial charge in [0.1, 0.15) is 12.6 Å². The van der Waals surface area contributed by atoms with Crippen LogP contribution in [0.4, 0.5) is 0 Å². The summed E-state index contributed by atoms with van der Waals surface area (Å²) in [5, 5.41) is 0. The second-order valence-electron chi connectivity index (χ2n) is 5.79. The summed E-state index contributed by atoms with van der Waals surface area (Å²) in [6.07, 6.45) is 13.0. The minimum absolute atomic E-state index is 0.0224. The lowest BCUT2D eigenvalue weighted by Crippen LogP contribution is -2.00. The Bertz CT molecular complexity index is 395. The second-order valence-corrected chi connectivity index (χ2v) is 5.79. The first kappa shape index (κ1) is 17.6. The van der Waals surface area contributed by atoms with Gasteiger partial charge in [-0.2, -0.15) is 0 Å². The molecule has 0 spiro atoms. The van der Waals surface area contributed by atoms with E-state index in [1.807, 2.05) is 12.1 Å². The van der Waals surface area contributed by atoms with Crippen molar-refractivity contribution in [2.24, 2.45) is 0 Å². The van der Waals surface area contributed by atoms with Gasteiger partial charge >= 0.3 is 0 Å². The zero-order valence-electron chi connectivity index (χ0n) is 13.2. The molecule has 0 bridgehead atoms. The van der Waals surface area contributed by atoms with Crippen molar-refractivity contribution in [3.05, 3.63) is 35.4 Å². The molecule has 1 aromatic rings. The summed E-state index contributed by atoms with van der Waals surface area (Å²) in [7, 11) is 0. The van der Waals surface area contributed by atoms with Gasteiger partial charge in [-0.05, 0) is 12.0 Å². The molecule has 0 heterocycles. The van der Waals surface area contributed by atoms with Crippen molar-refractivity contribution in [1.82, 2.24) is 0 Å². The molecule has 0 fully saturated rings. The van der Waals surface area contributed by atoms with Crippen molar-refractivity contribution in [1.29, 1.82) is 0 Å². The molecule has 0 aliphatic carbocycles. The summed E-state index contributed by atoms with van der Waals surface area (Å²) >= 11 is 0. The highest BCUT2D eigenvalue weighted by Crippen LogP contribution is 2.21. The minimum atomic E-state index is -0.0224. The van der Waals surface area contributed by atoms with Gasteiger partial charge in [0.2, 0.25) is 0 Å². The van der Waals surface area contributed by atoms with E-state index >= 15 is 0 Å². The summed E-state index contributed by atoms with van der Waals surface area (Å²) in [6, 6.07) is 7.36. The third-order valence-electron chi connectivity index (χ3n) is 4.03. The molecule has 1 rings (SSSR count). The van der Waals surface area contributed by atoms with E-state index in [1.54, 1.807) is 12.1 Å². The predicted octanol–water partition coefficient (Wildman–Crippen LogP) is 5.31. The summed E-state index contributed by atoms with van der Waals surface area (Å²) in [5.74, 6) is -0.0224. The Morgan fingerprint density at radius 2 is 1.43 bits per heavy atom. The Morgan fingerprint density at radius 1 is 0.857 bits per heavy atom. The zero-order chi connectivity index (χ0) is 15.3. The molecule has 0 aromatic heterocycles. The second kappa shape index (κ2) is 11.2. The molecule has 1 atom stereocenters. The first-order valence-electron chi connectivity index (χ1n) is 8.32. The van der Waals surface area contributed by atoms with Gasteiger partial charge in [0.05, 0.1) is 0 Å². The van der Waals surface area contributed by atoms with Crippen LogP contribution in [0.2, 0.25) is 0 Å². The molecule has 21 heavy (non-hydrogen) atoms. The van der Waals surface area contributed by atoms with E-state index in [0.717, 1.165) is 31.0 Å². The topological polar surface area (TPSA) is 34.1 Å². The minimum Gasteiger partial charge on any atom is -0.303 e. The van der Waals surface area contributed by atoms with Crippen LogP contribution in [0.15, 0.2) is 24.3 Å². The van der Waals surface area contributed by atoms with Gasteiger partial charge in [-0.25, -0.2) is 0 Å². The number of aldehydes is 2. The van der Waals surface area contributed by atoms with Crippen LogP contribution < -0.4 is 0 Å². The molecule has 116 valence electrons. The lowest BCUT2D eigenvalue weighted by atomic mass is 9.93. The van der Waals surface area contributed by atoms with Crippen LogP contribution >= 0.6 is 0 Å². The molecule has 0 saturated carbocycles. The summed E-state index contributed by atoms with van der Waals surface area (Å²) < 4.78 is 0. The van der Waals surface area contributed by atoms with Gasteiger partial charge in [-0.1, -0.05) is 82.6 Å². The smallest absolute Gasteiger partial charge is 0.150 e. The van der Waals surface area contributed by atoms with Crippen LogP contribution in [0.5, 0.6) is 0 Å². The average molecular weight is 288 g/mol. The standard InChI is InChI=1S/C19H28O2/c1-2-3-4-5-6-7-8-9-10-19(16-21)18-13-11-17(15-20)12-14-18/h11-16,19H,2-10H2,1H3. The Kier molecular flexibility index (Phi) is 9.43. The van der Waals surface area contributed by atoms with Gasteiger partial charge in [-0.3, -0.25) is 4.79 Å². The van der Waals surface area contributed by atoms with E-state index in [4.69, 9.17) is 0 Å². The molecule has 0 aliphatic rings. The Morgan fingerprint density at radius 3 is 1.95 bits per heavy atom. The molecule has 2 heteroatoms. The van der Waals surface area contributed by atoms with Crippen LogP contribution in [0.3, 0.4) is 0 Å². The zero-order valence-corrected chi connectivity index (χ0v) is 13.2. The van der Waals surface area contributed by atoms with Crippen LogP contribution in [0.1, 0.15) is 86.6 Å². The third-order valence-corrected chi connectivity index (χ3v) is 4.03. The van der Waals surface area contributed by atoms with Crippen molar-refractivity contribution < 1.29 is 9.59 Å². The SMILES string of the molecule is CCCCCCCCCCC(C=O)c1ccc(C=O)cc1. The molecule has 1 aromatic carbocycles. The lowest BCUT2D eigenvalue weighted by molar-refractivity contribution is -0.109.